The van der Waals surface area contributed by atoms with Crippen LogP contribution in [0.1, 0.15) is 36.8 Å². The van der Waals surface area contributed by atoms with Crippen LogP contribution in [0.2, 0.25) is 0 Å². The minimum Gasteiger partial charge on any atom is -0.497 e. The van der Waals surface area contributed by atoms with Crippen LogP contribution >= 0.6 is 0 Å². The minimum absolute atomic E-state index is 0.0192. The van der Waals surface area contributed by atoms with Crippen LogP contribution in [0.5, 0.6) is 5.75 Å². The van der Waals surface area contributed by atoms with Crippen LogP contribution in [-0.2, 0) is 16.6 Å². The summed E-state index contributed by atoms with van der Waals surface area (Å²) in [6.07, 6.45) is 4.98. The average Bonchev–Trinajstić information content (AvgIpc) is 3.12. The van der Waals surface area contributed by atoms with E-state index in [0.29, 0.717) is 18.7 Å². The van der Waals surface area contributed by atoms with Crippen LogP contribution in [-0.4, -0.2) is 19.6 Å². The molecule has 0 radical (unpaired) electrons. The van der Waals surface area contributed by atoms with Gasteiger partial charge in [-0.25, -0.2) is 0 Å². The summed E-state index contributed by atoms with van der Waals surface area (Å²) in [6.45, 7) is 0.675. The number of anilines is 1. The van der Waals surface area contributed by atoms with Gasteiger partial charge < -0.3 is 15.8 Å². The topological polar surface area (TPSA) is 64.3 Å². The second kappa shape index (κ2) is 7.60. The first-order chi connectivity index (χ1) is 12.1. The number of nitrogen functional groups attached to an aromatic ring is 1. The van der Waals surface area contributed by atoms with Crippen molar-refractivity contribution >= 4 is 11.6 Å². The Morgan fingerprint density at radius 1 is 1.16 bits per heavy atom. The van der Waals surface area contributed by atoms with Gasteiger partial charge in [-0.1, -0.05) is 37.1 Å². The molecule has 132 valence electrons. The Kier molecular flexibility index (Phi) is 5.27. The summed E-state index contributed by atoms with van der Waals surface area (Å²) >= 11 is 0. The van der Waals surface area contributed by atoms with E-state index in [1.165, 1.54) is 18.4 Å². The lowest BCUT2D eigenvalue weighted by atomic mass is 9.78. The van der Waals surface area contributed by atoms with E-state index in [1.807, 2.05) is 36.4 Å². The fourth-order valence-electron chi connectivity index (χ4n) is 3.72. The van der Waals surface area contributed by atoms with E-state index in [1.54, 1.807) is 7.11 Å². The van der Waals surface area contributed by atoms with Crippen molar-refractivity contribution in [1.29, 1.82) is 0 Å². The van der Waals surface area contributed by atoms with E-state index >= 15 is 0 Å². The summed E-state index contributed by atoms with van der Waals surface area (Å²) in [5, 5.41) is 3.15. The monoisotopic (exact) mass is 338 g/mol. The second-order valence-electron chi connectivity index (χ2n) is 6.91. The quantitative estimate of drug-likeness (QED) is 0.793. The highest BCUT2D eigenvalue weighted by molar-refractivity contribution is 5.78. The first-order valence-corrected chi connectivity index (χ1v) is 8.87. The molecule has 1 aliphatic rings. The number of carbonyl (C=O) groups is 1. The highest BCUT2D eigenvalue weighted by Gasteiger charge is 2.36. The van der Waals surface area contributed by atoms with Crippen molar-refractivity contribution in [2.45, 2.75) is 37.5 Å². The summed E-state index contributed by atoms with van der Waals surface area (Å²) < 4.78 is 5.38. The molecule has 3 rings (SSSR count). The van der Waals surface area contributed by atoms with Crippen molar-refractivity contribution in [3.05, 3.63) is 59.7 Å². The molecule has 1 saturated carbocycles. The first-order valence-electron chi connectivity index (χ1n) is 8.87. The molecule has 4 heteroatoms. The number of nitrogens with one attached hydrogen (secondary N) is 1. The lowest BCUT2D eigenvalue weighted by Crippen LogP contribution is -2.39. The normalized spacial score (nSPS) is 15.7. The van der Waals surface area contributed by atoms with Crippen LogP contribution < -0.4 is 15.8 Å². The van der Waals surface area contributed by atoms with Gasteiger partial charge in [0, 0.05) is 17.6 Å². The average molecular weight is 338 g/mol. The molecule has 0 aromatic heterocycles. The molecule has 0 heterocycles. The molecular formula is C21H26N2O2. The van der Waals surface area contributed by atoms with Gasteiger partial charge in [-0.15, -0.1) is 0 Å². The number of hydrogen-bond acceptors (Lipinski definition) is 3. The SMILES string of the molecule is COc1cccc(C2(CNC(=O)Cc3ccc(N)cc3)CCCC2)c1. The molecule has 25 heavy (non-hydrogen) atoms. The van der Waals surface area contributed by atoms with Crippen molar-refractivity contribution in [3.8, 4) is 5.75 Å². The molecule has 2 aromatic rings. The van der Waals surface area contributed by atoms with Crippen LogP contribution in [0.25, 0.3) is 0 Å². The molecule has 1 amide bonds. The standard InChI is InChI=1S/C21H26N2O2/c1-25-19-6-4-5-17(14-19)21(11-2-3-12-21)15-23-20(24)13-16-7-9-18(22)10-8-16/h4-10,14H,2-3,11-13,15,22H2,1H3,(H,23,24). The van der Waals surface area contributed by atoms with Crippen molar-refractivity contribution in [2.24, 2.45) is 0 Å². The lowest BCUT2D eigenvalue weighted by Gasteiger charge is -2.30. The summed E-state index contributed by atoms with van der Waals surface area (Å²) in [4.78, 5) is 12.4. The van der Waals surface area contributed by atoms with E-state index in [2.05, 4.69) is 17.4 Å². The summed E-state index contributed by atoms with van der Waals surface area (Å²) in [5.41, 5.74) is 8.67. The van der Waals surface area contributed by atoms with Gasteiger partial charge in [-0.05, 0) is 48.2 Å². The highest BCUT2D eigenvalue weighted by Crippen LogP contribution is 2.41. The second-order valence-corrected chi connectivity index (χ2v) is 6.91. The molecule has 4 nitrogen and oxygen atoms in total. The maximum absolute atomic E-state index is 12.4. The molecule has 0 bridgehead atoms. The Balaban J connectivity index is 1.67. The van der Waals surface area contributed by atoms with Crippen LogP contribution in [0, 0.1) is 0 Å². The van der Waals surface area contributed by atoms with E-state index in [9.17, 15) is 4.79 Å². The number of rotatable bonds is 6. The molecule has 0 saturated heterocycles. The zero-order chi connectivity index (χ0) is 17.7. The Bertz CT molecular complexity index is 719. The molecule has 0 aliphatic heterocycles. The predicted molar refractivity (Wildman–Crippen MR) is 101 cm³/mol. The number of ether oxygens (including phenoxy) is 1. The molecule has 0 spiro atoms. The van der Waals surface area contributed by atoms with Gasteiger partial charge in [0.2, 0.25) is 5.91 Å². The van der Waals surface area contributed by atoms with Crippen LogP contribution in [0.4, 0.5) is 5.69 Å². The third kappa shape index (κ3) is 4.13. The zero-order valence-electron chi connectivity index (χ0n) is 14.8. The van der Waals surface area contributed by atoms with Crippen molar-refractivity contribution in [2.75, 3.05) is 19.4 Å². The van der Waals surface area contributed by atoms with E-state index in [0.717, 1.165) is 24.2 Å². The number of hydrogen-bond donors (Lipinski definition) is 2. The third-order valence-corrected chi connectivity index (χ3v) is 5.21. The number of nitrogens with two attached hydrogens (primary N) is 1. The van der Waals surface area contributed by atoms with Crippen molar-refractivity contribution in [1.82, 2.24) is 5.32 Å². The Morgan fingerprint density at radius 2 is 1.88 bits per heavy atom. The number of benzene rings is 2. The fraction of sp³-hybridized carbons (Fsp3) is 0.381. The van der Waals surface area contributed by atoms with E-state index in [-0.39, 0.29) is 11.3 Å². The van der Waals surface area contributed by atoms with Crippen molar-refractivity contribution in [3.63, 3.8) is 0 Å². The van der Waals surface area contributed by atoms with Gasteiger partial charge in [0.05, 0.1) is 13.5 Å². The van der Waals surface area contributed by atoms with Gasteiger partial charge in [0.1, 0.15) is 5.75 Å². The van der Waals surface area contributed by atoms with E-state index in [4.69, 9.17) is 10.5 Å². The first kappa shape index (κ1) is 17.3. The molecule has 3 N–H and O–H groups in total. The number of carbonyl (C=O) groups excluding carboxylic acids is 1. The maximum atomic E-state index is 12.4. The third-order valence-electron chi connectivity index (χ3n) is 5.21. The lowest BCUT2D eigenvalue weighted by molar-refractivity contribution is -0.120. The minimum atomic E-state index is 0.0192. The summed E-state index contributed by atoms with van der Waals surface area (Å²) in [7, 11) is 1.69. The summed E-state index contributed by atoms with van der Waals surface area (Å²) in [5.74, 6) is 0.927. The number of methoxy groups -OCH3 is 1. The molecule has 0 atom stereocenters. The predicted octanol–water partition coefficient (Wildman–Crippen LogP) is 3.45. The Hall–Kier alpha value is -2.49. The molecule has 0 unspecified atom stereocenters. The van der Waals surface area contributed by atoms with Gasteiger partial charge in [-0.2, -0.15) is 0 Å². The highest BCUT2D eigenvalue weighted by atomic mass is 16.5. The largest absolute Gasteiger partial charge is 0.497 e. The fourth-order valence-corrected chi connectivity index (χ4v) is 3.72. The molecule has 1 aliphatic carbocycles. The summed E-state index contributed by atoms with van der Waals surface area (Å²) in [6, 6.07) is 15.7. The Morgan fingerprint density at radius 3 is 2.56 bits per heavy atom. The van der Waals surface area contributed by atoms with Crippen LogP contribution in [0.3, 0.4) is 0 Å². The van der Waals surface area contributed by atoms with Crippen LogP contribution in [0.15, 0.2) is 48.5 Å². The smallest absolute Gasteiger partial charge is 0.224 e. The number of amides is 1. The van der Waals surface area contributed by atoms with Gasteiger partial charge in [0.15, 0.2) is 0 Å². The molecule has 1 fully saturated rings. The van der Waals surface area contributed by atoms with Gasteiger partial charge >= 0.3 is 0 Å². The maximum Gasteiger partial charge on any atom is 0.224 e. The molecule has 2 aromatic carbocycles. The van der Waals surface area contributed by atoms with Gasteiger partial charge in [0.25, 0.3) is 0 Å². The van der Waals surface area contributed by atoms with E-state index < -0.39 is 0 Å². The van der Waals surface area contributed by atoms with Crippen molar-refractivity contribution < 1.29 is 9.53 Å². The zero-order valence-corrected chi connectivity index (χ0v) is 14.8. The molecular weight excluding hydrogens is 312 g/mol. The van der Waals surface area contributed by atoms with Gasteiger partial charge in [-0.3, -0.25) is 4.79 Å². The Labute approximate surface area is 149 Å².